The molecule has 4 bridgehead atoms. The fraction of sp³-hybridized carbons (Fsp3) is 0.700. The lowest BCUT2D eigenvalue weighted by atomic mass is 9.77. The first kappa shape index (κ1) is 43.8. The summed E-state index contributed by atoms with van der Waals surface area (Å²) in [6.45, 7) is 5.63. The van der Waals surface area contributed by atoms with Crippen molar-refractivity contribution in [2.24, 2.45) is 29.1 Å². The number of aromatic nitrogens is 1. The molecule has 8 aliphatic rings. The molecule has 5 heterocycles. The number of hydrogen-bond donors (Lipinski definition) is 2. The van der Waals surface area contributed by atoms with E-state index in [-0.39, 0.29) is 68.0 Å². The number of fused-ring (bicyclic) bond motifs is 7. The third-order valence-electron chi connectivity index (χ3n) is 16.6. The molecule has 2 amide bonds. The second-order valence-electron chi connectivity index (χ2n) is 21.1. The number of ketones is 1. The number of Topliss-reactive ketones (excluding diaryl/α,β-unsaturated/α-hetero) is 1. The lowest BCUT2D eigenvalue weighted by Crippen LogP contribution is -2.48. The number of carbonyl (C=O) groups is 4. The molecule has 0 spiro atoms. The van der Waals surface area contributed by atoms with E-state index in [0.29, 0.717) is 43.1 Å². The number of allylic oxidation sites excluding steroid dienone is 1. The van der Waals surface area contributed by atoms with Crippen molar-refractivity contribution in [3.05, 3.63) is 42.5 Å². The number of rotatable bonds is 10. The van der Waals surface area contributed by atoms with Crippen LogP contribution in [0, 0.1) is 29.1 Å². The zero-order chi connectivity index (χ0) is 44.4. The summed E-state index contributed by atoms with van der Waals surface area (Å²) in [5.41, 5.74) is 0.360. The topological polar surface area (TPSA) is 170 Å². The van der Waals surface area contributed by atoms with Crippen molar-refractivity contribution in [3.8, 4) is 11.6 Å². The van der Waals surface area contributed by atoms with Gasteiger partial charge in [-0.3, -0.25) is 23.9 Å². The van der Waals surface area contributed by atoms with Crippen LogP contribution in [0.5, 0.6) is 11.6 Å². The Morgan fingerprint density at radius 3 is 2.39 bits per heavy atom. The molecule has 4 aliphatic carbocycles. The van der Waals surface area contributed by atoms with Crippen LogP contribution in [-0.2, 0) is 40.4 Å². The third-order valence-corrected chi connectivity index (χ3v) is 18.7. The Labute approximate surface area is 377 Å². The maximum Gasteiger partial charge on any atom is 0.306 e. The molecular weight excluding hydrogens is 833 g/mol. The number of piperidine rings is 1. The van der Waals surface area contributed by atoms with E-state index in [1.807, 2.05) is 18.2 Å². The van der Waals surface area contributed by atoms with Crippen molar-refractivity contribution in [1.29, 1.82) is 0 Å². The standard InChI is InChI=1S/C50H66N4O9S/c1-3-32-27-50(32,48(58)53-64(59,60)49(2)20-21-49)28-42(55)41-25-36-29-54(41)47(57)39(30-12-6-4-7-13-30)26-44(56)63-43-22-31(43)14-8-5-9-16-38-45(61-35-23-33-18-19-34(24-35)51-33)37-15-10-11-17-40(37)52-46(38)62-36/h3,10-11,15,17,30-36,39,41,43,51H,1,4-9,12-14,16,18-29H2,2H3,(H,53,58)/t31-,32-,33?,34?,35?,36-,39+,41+,43-,50-/m1/s1. The monoisotopic (exact) mass is 898 g/mol. The van der Waals surface area contributed by atoms with E-state index in [2.05, 4.69) is 22.7 Å². The minimum Gasteiger partial charge on any atom is -0.489 e. The molecule has 2 N–H and O–H groups in total. The van der Waals surface area contributed by atoms with E-state index in [1.165, 1.54) is 0 Å². The summed E-state index contributed by atoms with van der Waals surface area (Å²) in [4.78, 5) is 64.6. The van der Waals surface area contributed by atoms with Gasteiger partial charge in [-0.15, -0.1) is 6.58 Å². The summed E-state index contributed by atoms with van der Waals surface area (Å²) in [5.74, 6) is -1.18. The molecule has 7 fully saturated rings. The van der Waals surface area contributed by atoms with Crippen LogP contribution in [0.1, 0.15) is 141 Å². The Morgan fingerprint density at radius 2 is 1.67 bits per heavy atom. The van der Waals surface area contributed by atoms with Crippen LogP contribution in [0.4, 0.5) is 0 Å². The summed E-state index contributed by atoms with van der Waals surface area (Å²) in [7, 11) is -3.96. The van der Waals surface area contributed by atoms with E-state index >= 15 is 4.79 Å². The van der Waals surface area contributed by atoms with Crippen molar-refractivity contribution < 1.29 is 41.8 Å². The van der Waals surface area contributed by atoms with Crippen LogP contribution >= 0.6 is 0 Å². The number of esters is 1. The highest BCUT2D eigenvalue weighted by Crippen LogP contribution is 2.57. The minimum atomic E-state index is -3.96. The van der Waals surface area contributed by atoms with Gasteiger partial charge in [-0.05, 0) is 120 Å². The van der Waals surface area contributed by atoms with E-state index < -0.39 is 50.1 Å². The molecule has 2 aromatic rings. The van der Waals surface area contributed by atoms with Crippen molar-refractivity contribution in [3.63, 3.8) is 0 Å². The normalized spacial score (nSPS) is 35.1. The van der Waals surface area contributed by atoms with E-state index in [1.54, 1.807) is 17.9 Å². The van der Waals surface area contributed by atoms with Gasteiger partial charge in [0.25, 0.3) is 0 Å². The number of pyridine rings is 1. The van der Waals surface area contributed by atoms with Crippen LogP contribution in [0.25, 0.3) is 10.9 Å². The fourth-order valence-corrected chi connectivity index (χ4v) is 13.4. The first-order chi connectivity index (χ1) is 30.8. The van der Waals surface area contributed by atoms with Crippen LogP contribution in [0.15, 0.2) is 36.9 Å². The van der Waals surface area contributed by atoms with Crippen LogP contribution in [-0.4, -0.2) is 89.6 Å². The number of benzene rings is 1. The highest BCUT2D eigenvalue weighted by atomic mass is 32.2. The Bertz CT molecular complexity index is 2280. The number of para-hydroxylation sites is 1. The second kappa shape index (κ2) is 17.3. The van der Waals surface area contributed by atoms with Gasteiger partial charge in [0.15, 0.2) is 5.78 Å². The van der Waals surface area contributed by atoms with Crippen molar-refractivity contribution in [2.75, 3.05) is 6.54 Å². The molecule has 1 aromatic carbocycles. The maximum absolute atomic E-state index is 15.2. The minimum absolute atomic E-state index is 0.0384. The quantitative estimate of drug-likeness (QED) is 0.186. The predicted octanol–water partition coefficient (Wildman–Crippen LogP) is 7.03. The van der Waals surface area contributed by atoms with Crippen molar-refractivity contribution >= 4 is 44.5 Å². The molecule has 10 rings (SSSR count). The Morgan fingerprint density at radius 1 is 0.953 bits per heavy atom. The van der Waals surface area contributed by atoms with Gasteiger partial charge in [-0.25, -0.2) is 13.4 Å². The first-order valence-electron chi connectivity index (χ1n) is 24.6. The molecule has 14 heteroatoms. The van der Waals surface area contributed by atoms with Gasteiger partial charge in [0.2, 0.25) is 27.7 Å². The van der Waals surface area contributed by atoms with Gasteiger partial charge in [0, 0.05) is 30.3 Å². The van der Waals surface area contributed by atoms with Crippen molar-refractivity contribution in [2.45, 2.75) is 183 Å². The largest absolute Gasteiger partial charge is 0.489 e. The number of amides is 2. The summed E-state index contributed by atoms with van der Waals surface area (Å²) in [5, 5.41) is 4.68. The molecule has 0 radical (unpaired) electrons. The number of nitrogens with one attached hydrogen (secondary N) is 2. The zero-order valence-corrected chi connectivity index (χ0v) is 38.2. The van der Waals surface area contributed by atoms with Crippen LogP contribution in [0.3, 0.4) is 0 Å². The lowest BCUT2D eigenvalue weighted by molar-refractivity contribution is -0.153. The Hall–Kier alpha value is -4.04. The van der Waals surface area contributed by atoms with Gasteiger partial charge < -0.3 is 24.4 Å². The SMILES string of the molecule is C=C[C@@H]1C[C@]1(CC(=O)[C@@H]1C[C@@H]2CN1C(=O)[C@H](C1CCCCC1)CC(=O)O[C@@H]1C[C@H]1CCCCCc1c(nc3ccccc3c1OC1CC3CCC(C1)N3)O2)C(=O)NS(=O)(=O)C1(C)CC1. The van der Waals surface area contributed by atoms with Gasteiger partial charge in [0.05, 0.1) is 46.2 Å². The van der Waals surface area contributed by atoms with Gasteiger partial charge in [-0.2, -0.15) is 0 Å². The molecule has 2 unspecified atom stereocenters. The number of nitrogens with zero attached hydrogens (tertiary/aromatic N) is 2. The number of ether oxygens (including phenoxy) is 3. The molecule has 346 valence electrons. The van der Waals surface area contributed by atoms with E-state index in [9.17, 15) is 22.8 Å². The average molecular weight is 899 g/mol. The number of carbonyl (C=O) groups excluding carboxylic acids is 4. The van der Waals surface area contributed by atoms with Gasteiger partial charge >= 0.3 is 5.97 Å². The molecule has 13 nitrogen and oxygen atoms in total. The molecule has 1 aromatic heterocycles. The Kier molecular flexibility index (Phi) is 11.9. The molecule has 3 saturated heterocycles. The van der Waals surface area contributed by atoms with E-state index in [0.717, 1.165) is 112 Å². The van der Waals surface area contributed by atoms with E-state index in [4.69, 9.17) is 19.2 Å². The number of sulfonamides is 1. The molecule has 4 aliphatic heterocycles. The highest BCUT2D eigenvalue weighted by Gasteiger charge is 2.62. The average Bonchev–Trinajstić information content (AvgIpc) is 4.24. The smallest absolute Gasteiger partial charge is 0.306 e. The number of hydrogen-bond acceptors (Lipinski definition) is 11. The molecule has 64 heavy (non-hydrogen) atoms. The fourth-order valence-electron chi connectivity index (χ4n) is 12.1. The highest BCUT2D eigenvalue weighted by molar-refractivity contribution is 7.91. The first-order valence-corrected chi connectivity index (χ1v) is 26.0. The zero-order valence-electron chi connectivity index (χ0n) is 37.4. The molecule has 4 saturated carbocycles. The maximum atomic E-state index is 15.2. The lowest BCUT2D eigenvalue weighted by Gasteiger charge is -2.34. The predicted molar refractivity (Wildman–Crippen MR) is 240 cm³/mol. The summed E-state index contributed by atoms with van der Waals surface area (Å²) in [6, 6.07) is 7.93. The summed E-state index contributed by atoms with van der Waals surface area (Å²) >= 11 is 0. The molecular formula is C50H66N4O9S. The Balaban J connectivity index is 0.997. The summed E-state index contributed by atoms with van der Waals surface area (Å²) in [6.07, 6.45) is 16.1. The van der Waals surface area contributed by atoms with Gasteiger partial charge in [-0.1, -0.05) is 50.3 Å². The van der Waals surface area contributed by atoms with Crippen molar-refractivity contribution in [1.82, 2.24) is 19.9 Å². The van der Waals surface area contributed by atoms with Crippen LogP contribution < -0.4 is 19.5 Å². The molecule has 9 atom stereocenters. The van der Waals surface area contributed by atoms with Crippen LogP contribution in [0.2, 0.25) is 0 Å². The van der Waals surface area contributed by atoms with Gasteiger partial charge in [0.1, 0.15) is 24.1 Å². The second-order valence-corrected chi connectivity index (χ2v) is 23.3. The third kappa shape index (κ3) is 8.71. The summed E-state index contributed by atoms with van der Waals surface area (Å²) < 4.78 is 48.0.